The predicted molar refractivity (Wildman–Crippen MR) is 87.1 cm³/mol. The Hall–Kier alpha value is -2.52. The maximum Gasteiger partial charge on any atom is 0.305 e. The predicted octanol–water partition coefficient (Wildman–Crippen LogP) is 2.69. The Morgan fingerprint density at radius 2 is 1.96 bits per heavy atom. The van der Waals surface area contributed by atoms with Crippen molar-refractivity contribution in [1.82, 2.24) is 4.31 Å². The number of hydrogen-bond acceptors (Lipinski definition) is 4. The molecule has 0 radical (unpaired) electrons. The molecule has 1 aliphatic heterocycles. The van der Waals surface area contributed by atoms with Gasteiger partial charge in [0.05, 0.1) is 19.6 Å². The number of para-hydroxylation sites is 1. The molecular formula is C17H15F2NO5S. The first-order valence-electron chi connectivity index (χ1n) is 7.60. The maximum atomic E-state index is 14.2. The zero-order valence-electron chi connectivity index (χ0n) is 13.6. The quantitative estimate of drug-likeness (QED) is 0.858. The van der Waals surface area contributed by atoms with Crippen molar-refractivity contribution in [2.75, 3.05) is 7.11 Å². The molecule has 0 bridgehead atoms. The Morgan fingerprint density at radius 1 is 1.27 bits per heavy atom. The van der Waals surface area contributed by atoms with E-state index in [4.69, 9.17) is 9.84 Å². The van der Waals surface area contributed by atoms with Gasteiger partial charge in [-0.25, -0.2) is 17.2 Å². The number of methoxy groups -OCH3 is 1. The summed E-state index contributed by atoms with van der Waals surface area (Å²) in [5.41, 5.74) is 0.280. The van der Waals surface area contributed by atoms with Crippen molar-refractivity contribution >= 4 is 16.0 Å². The number of halogens is 2. The summed E-state index contributed by atoms with van der Waals surface area (Å²) in [6.45, 7) is -0.236. The van der Waals surface area contributed by atoms with Crippen LogP contribution in [0.2, 0.25) is 0 Å². The zero-order chi connectivity index (χ0) is 19.1. The second kappa shape index (κ2) is 6.65. The molecule has 0 amide bonds. The SMILES string of the molecule is COc1ccccc1CN1[C@@H](CC(=O)O)c2cc(F)cc(F)c2S1(=O)=O. The molecule has 26 heavy (non-hydrogen) atoms. The first-order valence-corrected chi connectivity index (χ1v) is 9.04. The highest BCUT2D eigenvalue weighted by Crippen LogP contribution is 2.44. The lowest BCUT2D eigenvalue weighted by Gasteiger charge is -2.23. The summed E-state index contributed by atoms with van der Waals surface area (Å²) in [7, 11) is -2.93. The molecule has 1 heterocycles. The third kappa shape index (κ3) is 3.04. The minimum atomic E-state index is -4.34. The molecule has 0 saturated heterocycles. The largest absolute Gasteiger partial charge is 0.496 e. The Bertz CT molecular complexity index is 977. The topological polar surface area (TPSA) is 83.9 Å². The molecule has 138 valence electrons. The van der Waals surface area contributed by atoms with Crippen LogP contribution in [0.15, 0.2) is 41.3 Å². The van der Waals surface area contributed by atoms with Crippen molar-refractivity contribution in [3.63, 3.8) is 0 Å². The Morgan fingerprint density at radius 3 is 2.62 bits per heavy atom. The number of carboxylic acid groups (broad SMARTS) is 1. The smallest absolute Gasteiger partial charge is 0.305 e. The number of carbonyl (C=O) groups is 1. The fraction of sp³-hybridized carbons (Fsp3) is 0.235. The minimum absolute atomic E-state index is 0.195. The van der Waals surface area contributed by atoms with Crippen LogP contribution in [0.3, 0.4) is 0 Å². The van der Waals surface area contributed by atoms with Gasteiger partial charge in [-0.05, 0) is 17.7 Å². The van der Waals surface area contributed by atoms with E-state index in [1.54, 1.807) is 24.3 Å². The van der Waals surface area contributed by atoms with Gasteiger partial charge in [-0.15, -0.1) is 0 Å². The molecule has 0 fully saturated rings. The second-order valence-electron chi connectivity index (χ2n) is 5.78. The highest BCUT2D eigenvalue weighted by Gasteiger charge is 2.46. The fourth-order valence-corrected chi connectivity index (χ4v) is 4.98. The Balaban J connectivity index is 2.14. The number of nitrogens with zero attached hydrogens (tertiary/aromatic N) is 1. The van der Waals surface area contributed by atoms with Gasteiger partial charge in [0.25, 0.3) is 0 Å². The van der Waals surface area contributed by atoms with E-state index in [0.717, 1.165) is 10.4 Å². The first kappa shape index (κ1) is 18.3. The number of sulfonamides is 1. The van der Waals surface area contributed by atoms with Gasteiger partial charge in [-0.3, -0.25) is 4.79 Å². The van der Waals surface area contributed by atoms with Crippen LogP contribution in [-0.4, -0.2) is 30.9 Å². The van der Waals surface area contributed by atoms with Crippen molar-refractivity contribution < 1.29 is 31.8 Å². The Labute approximate surface area is 148 Å². The lowest BCUT2D eigenvalue weighted by molar-refractivity contribution is -0.138. The lowest BCUT2D eigenvalue weighted by atomic mass is 10.0. The average Bonchev–Trinajstić information content (AvgIpc) is 2.75. The minimum Gasteiger partial charge on any atom is -0.496 e. The monoisotopic (exact) mass is 383 g/mol. The molecule has 1 N–H and O–H groups in total. The van der Waals surface area contributed by atoms with Crippen LogP contribution in [0, 0.1) is 11.6 Å². The molecule has 0 unspecified atom stereocenters. The van der Waals surface area contributed by atoms with E-state index in [9.17, 15) is 22.0 Å². The molecular weight excluding hydrogens is 368 g/mol. The molecule has 1 atom stereocenters. The van der Waals surface area contributed by atoms with Gasteiger partial charge in [0, 0.05) is 18.2 Å². The van der Waals surface area contributed by atoms with Gasteiger partial charge >= 0.3 is 5.97 Å². The van der Waals surface area contributed by atoms with Crippen LogP contribution in [-0.2, 0) is 21.4 Å². The van der Waals surface area contributed by atoms with E-state index in [-0.39, 0.29) is 12.1 Å². The molecule has 2 aromatic carbocycles. The van der Waals surface area contributed by atoms with Crippen LogP contribution < -0.4 is 4.74 Å². The summed E-state index contributed by atoms with van der Waals surface area (Å²) in [6.07, 6.45) is -0.621. The van der Waals surface area contributed by atoms with Crippen molar-refractivity contribution in [3.05, 3.63) is 59.2 Å². The fourth-order valence-electron chi connectivity index (χ4n) is 3.11. The summed E-state index contributed by atoms with van der Waals surface area (Å²) in [5.74, 6) is -3.09. The molecule has 1 aliphatic rings. The summed E-state index contributed by atoms with van der Waals surface area (Å²) >= 11 is 0. The summed E-state index contributed by atoms with van der Waals surface area (Å²) in [5, 5.41) is 9.16. The molecule has 2 aromatic rings. The number of rotatable bonds is 5. The Kier molecular flexibility index (Phi) is 4.68. The first-order chi connectivity index (χ1) is 12.3. The van der Waals surface area contributed by atoms with Gasteiger partial charge in [0.15, 0.2) is 0 Å². The van der Waals surface area contributed by atoms with E-state index in [0.29, 0.717) is 17.4 Å². The van der Waals surface area contributed by atoms with Crippen LogP contribution in [0.4, 0.5) is 8.78 Å². The molecule has 9 heteroatoms. The van der Waals surface area contributed by atoms with Gasteiger partial charge in [0.1, 0.15) is 22.3 Å². The van der Waals surface area contributed by atoms with Crippen molar-refractivity contribution in [2.24, 2.45) is 0 Å². The molecule has 0 aliphatic carbocycles. The molecule has 0 spiro atoms. The summed E-state index contributed by atoms with van der Waals surface area (Å²) in [4.78, 5) is 10.6. The standard InChI is InChI=1S/C17H15F2NO5S/c1-25-15-5-3-2-4-10(15)9-20-14(8-16(21)22)12-6-11(18)7-13(19)17(12)26(20,23)24/h2-7,14H,8-9H2,1H3,(H,21,22)/t14-/m0/s1. The van der Waals surface area contributed by atoms with Crippen molar-refractivity contribution in [2.45, 2.75) is 23.9 Å². The number of benzene rings is 2. The summed E-state index contributed by atoms with van der Waals surface area (Å²) < 4.78 is 59.6. The van der Waals surface area contributed by atoms with E-state index >= 15 is 0 Å². The highest BCUT2D eigenvalue weighted by atomic mass is 32.2. The molecule has 0 saturated carbocycles. The number of fused-ring (bicyclic) bond motifs is 1. The number of carboxylic acids is 1. The van der Waals surface area contributed by atoms with Gasteiger partial charge in [0.2, 0.25) is 10.0 Å². The summed E-state index contributed by atoms with van der Waals surface area (Å²) in [6, 6.07) is 6.72. The van der Waals surface area contributed by atoms with E-state index in [1.807, 2.05) is 0 Å². The zero-order valence-corrected chi connectivity index (χ0v) is 14.5. The van der Waals surface area contributed by atoms with Crippen molar-refractivity contribution in [1.29, 1.82) is 0 Å². The van der Waals surface area contributed by atoms with Crippen LogP contribution in [0.1, 0.15) is 23.6 Å². The molecule has 6 nitrogen and oxygen atoms in total. The number of aliphatic carboxylic acids is 1. The van der Waals surface area contributed by atoms with E-state index in [1.165, 1.54) is 7.11 Å². The van der Waals surface area contributed by atoms with Gasteiger partial charge < -0.3 is 9.84 Å². The van der Waals surface area contributed by atoms with Crippen LogP contribution in [0.25, 0.3) is 0 Å². The lowest BCUT2D eigenvalue weighted by Crippen LogP contribution is -2.29. The third-order valence-corrected chi connectivity index (χ3v) is 6.14. The highest BCUT2D eigenvalue weighted by molar-refractivity contribution is 7.89. The molecule has 3 rings (SSSR count). The maximum absolute atomic E-state index is 14.2. The van der Waals surface area contributed by atoms with E-state index in [2.05, 4.69) is 0 Å². The molecule has 0 aromatic heterocycles. The van der Waals surface area contributed by atoms with Gasteiger partial charge in [-0.1, -0.05) is 18.2 Å². The number of ether oxygens (including phenoxy) is 1. The van der Waals surface area contributed by atoms with Gasteiger partial charge in [-0.2, -0.15) is 4.31 Å². The van der Waals surface area contributed by atoms with Crippen molar-refractivity contribution in [3.8, 4) is 5.75 Å². The van der Waals surface area contributed by atoms with Crippen LogP contribution in [0.5, 0.6) is 5.75 Å². The van der Waals surface area contributed by atoms with Crippen LogP contribution >= 0.6 is 0 Å². The number of hydrogen-bond donors (Lipinski definition) is 1. The normalized spacial score (nSPS) is 18.5. The average molecular weight is 383 g/mol. The second-order valence-corrected chi connectivity index (χ2v) is 7.61. The third-order valence-electron chi connectivity index (χ3n) is 4.20. The van der Waals surface area contributed by atoms with E-state index < -0.39 is 45.0 Å².